The maximum atomic E-state index is 13.8. The molecule has 4 aromatic rings. The van der Waals surface area contributed by atoms with Crippen molar-refractivity contribution in [3.05, 3.63) is 82.9 Å². The van der Waals surface area contributed by atoms with Gasteiger partial charge in [0.2, 0.25) is 0 Å². The molecule has 0 aliphatic carbocycles. The third-order valence-corrected chi connectivity index (χ3v) is 8.23. The highest BCUT2D eigenvalue weighted by Crippen LogP contribution is 2.43. The fourth-order valence-electron chi connectivity index (χ4n) is 4.74. The van der Waals surface area contributed by atoms with Gasteiger partial charge in [-0.05, 0) is 81.7 Å². The first kappa shape index (κ1) is 23.6. The molecular weight excluding hydrogens is 454 g/mol. The summed E-state index contributed by atoms with van der Waals surface area (Å²) >= 11 is 1.56. The van der Waals surface area contributed by atoms with Crippen LogP contribution in [0.1, 0.15) is 46.3 Å². The lowest BCUT2D eigenvalue weighted by atomic mass is 9.96. The molecule has 0 radical (unpaired) electrons. The molecule has 2 heterocycles. The van der Waals surface area contributed by atoms with Crippen LogP contribution in [0.3, 0.4) is 0 Å². The number of fused-ring (bicyclic) bond motifs is 1. The van der Waals surface area contributed by atoms with Crippen LogP contribution in [-0.4, -0.2) is 42.0 Å². The third kappa shape index (κ3) is 4.97. The summed E-state index contributed by atoms with van der Waals surface area (Å²) in [6.07, 6.45) is 3.88. The van der Waals surface area contributed by atoms with E-state index < -0.39 is 0 Å². The van der Waals surface area contributed by atoms with E-state index in [0.717, 1.165) is 51.5 Å². The summed E-state index contributed by atoms with van der Waals surface area (Å²) in [5.41, 5.74) is 4.31. The molecule has 1 aromatic heterocycles. The highest BCUT2D eigenvalue weighted by molar-refractivity contribution is 7.23. The average molecular weight is 486 g/mol. The van der Waals surface area contributed by atoms with Crippen molar-refractivity contribution >= 4 is 27.2 Å². The predicted octanol–water partition coefficient (Wildman–Crippen LogP) is 6.99. The van der Waals surface area contributed by atoms with Gasteiger partial charge in [0, 0.05) is 38.2 Å². The fraction of sp³-hybridized carbons (Fsp3) is 0.300. The van der Waals surface area contributed by atoms with Crippen LogP contribution in [0.4, 0.5) is 0 Å². The number of piperidine rings is 1. The number of thiophene rings is 1. The van der Waals surface area contributed by atoms with Gasteiger partial charge in [0.1, 0.15) is 18.1 Å². The second-order valence-electron chi connectivity index (χ2n) is 9.36. The molecule has 1 aliphatic rings. The van der Waals surface area contributed by atoms with Crippen molar-refractivity contribution in [3.63, 3.8) is 0 Å². The zero-order valence-electron chi connectivity index (χ0n) is 20.3. The summed E-state index contributed by atoms with van der Waals surface area (Å²) in [7, 11) is 0. The fourth-order valence-corrected chi connectivity index (χ4v) is 6.04. The first-order chi connectivity index (χ1) is 17.0. The first-order valence-corrected chi connectivity index (χ1v) is 13.1. The van der Waals surface area contributed by atoms with Crippen LogP contribution in [-0.2, 0) is 0 Å². The number of aryl methyl sites for hydroxylation is 2. The molecule has 1 aliphatic heterocycles. The van der Waals surface area contributed by atoms with E-state index in [1.807, 2.05) is 37.3 Å². The summed E-state index contributed by atoms with van der Waals surface area (Å²) in [5, 5.41) is 11.2. The van der Waals surface area contributed by atoms with Gasteiger partial charge in [0.05, 0.1) is 0 Å². The molecule has 0 spiro atoms. The molecule has 1 saturated heterocycles. The molecule has 1 fully saturated rings. The SMILES string of the molecule is Cc1ccc(-c2sc3c(C)c(O)ccc3c2C(=O)c2ccc(OCCN3CCCCC3)cc2)cc1. The summed E-state index contributed by atoms with van der Waals surface area (Å²) in [6.45, 7) is 7.87. The lowest BCUT2D eigenvalue weighted by molar-refractivity contribution is 0.104. The highest BCUT2D eigenvalue weighted by Gasteiger charge is 2.23. The lowest BCUT2D eigenvalue weighted by Crippen LogP contribution is -2.33. The second kappa shape index (κ2) is 10.2. The van der Waals surface area contributed by atoms with E-state index in [-0.39, 0.29) is 11.5 Å². The minimum Gasteiger partial charge on any atom is -0.508 e. The number of phenols is 1. The molecule has 0 unspecified atom stereocenters. The Morgan fingerprint density at radius 1 is 0.943 bits per heavy atom. The zero-order chi connectivity index (χ0) is 24.4. The van der Waals surface area contributed by atoms with Crippen LogP contribution in [0, 0.1) is 13.8 Å². The Hall–Kier alpha value is -3.15. The minimum absolute atomic E-state index is 0.0169. The van der Waals surface area contributed by atoms with E-state index in [1.165, 1.54) is 24.8 Å². The van der Waals surface area contributed by atoms with Gasteiger partial charge < -0.3 is 9.84 Å². The zero-order valence-corrected chi connectivity index (χ0v) is 21.2. The topological polar surface area (TPSA) is 49.8 Å². The van der Waals surface area contributed by atoms with E-state index in [2.05, 4.69) is 36.1 Å². The number of ether oxygens (including phenoxy) is 1. The maximum Gasteiger partial charge on any atom is 0.195 e. The molecule has 0 atom stereocenters. The smallest absolute Gasteiger partial charge is 0.195 e. The van der Waals surface area contributed by atoms with Gasteiger partial charge in [-0.25, -0.2) is 0 Å². The molecule has 5 heteroatoms. The molecular formula is C30H31NO3S. The van der Waals surface area contributed by atoms with E-state index in [0.29, 0.717) is 17.7 Å². The summed E-state index contributed by atoms with van der Waals surface area (Å²) in [6, 6.07) is 19.3. The number of carbonyl (C=O) groups is 1. The van der Waals surface area contributed by atoms with Crippen molar-refractivity contribution in [2.24, 2.45) is 0 Å². The lowest BCUT2D eigenvalue weighted by Gasteiger charge is -2.26. The molecule has 180 valence electrons. The van der Waals surface area contributed by atoms with Crippen LogP contribution in [0.25, 0.3) is 20.5 Å². The molecule has 0 bridgehead atoms. The van der Waals surface area contributed by atoms with Crippen molar-refractivity contribution in [2.45, 2.75) is 33.1 Å². The highest BCUT2D eigenvalue weighted by atomic mass is 32.1. The van der Waals surface area contributed by atoms with Crippen molar-refractivity contribution in [2.75, 3.05) is 26.2 Å². The van der Waals surface area contributed by atoms with Gasteiger partial charge in [-0.1, -0.05) is 36.2 Å². The molecule has 0 saturated carbocycles. The number of rotatable bonds is 7. The predicted molar refractivity (Wildman–Crippen MR) is 144 cm³/mol. The first-order valence-electron chi connectivity index (χ1n) is 12.3. The monoisotopic (exact) mass is 485 g/mol. The number of ketones is 1. The Morgan fingerprint density at radius 2 is 1.66 bits per heavy atom. The Bertz CT molecular complexity index is 1330. The normalized spacial score (nSPS) is 14.3. The summed E-state index contributed by atoms with van der Waals surface area (Å²) in [4.78, 5) is 17.2. The minimum atomic E-state index is -0.0169. The Balaban J connectivity index is 1.42. The average Bonchev–Trinajstić information content (AvgIpc) is 3.27. The quantitative estimate of drug-likeness (QED) is 0.287. The number of phenolic OH excluding ortho intramolecular Hbond substituents is 1. The molecule has 3 aromatic carbocycles. The molecule has 1 N–H and O–H groups in total. The van der Waals surface area contributed by atoms with E-state index in [9.17, 15) is 9.90 Å². The Morgan fingerprint density at radius 3 is 2.37 bits per heavy atom. The van der Waals surface area contributed by atoms with E-state index in [4.69, 9.17) is 4.74 Å². The standard InChI is InChI=1S/C30H31NO3S/c1-20-6-8-23(9-7-20)30-27(25-14-15-26(32)21(2)29(25)35-30)28(33)22-10-12-24(13-11-22)34-19-18-31-16-4-3-5-17-31/h6-15,32H,3-5,16-19H2,1-2H3. The van der Waals surface area contributed by atoms with Crippen LogP contribution < -0.4 is 4.74 Å². The molecule has 5 rings (SSSR count). The summed E-state index contributed by atoms with van der Waals surface area (Å²) in [5.74, 6) is 1.02. The Kier molecular flexibility index (Phi) is 6.89. The van der Waals surface area contributed by atoms with Crippen LogP contribution >= 0.6 is 11.3 Å². The molecule has 35 heavy (non-hydrogen) atoms. The maximum absolute atomic E-state index is 13.8. The van der Waals surface area contributed by atoms with Gasteiger partial charge in [-0.3, -0.25) is 9.69 Å². The number of hydrogen-bond acceptors (Lipinski definition) is 5. The van der Waals surface area contributed by atoms with Gasteiger partial charge >= 0.3 is 0 Å². The number of aromatic hydroxyl groups is 1. The van der Waals surface area contributed by atoms with E-state index in [1.54, 1.807) is 17.4 Å². The number of likely N-dealkylation sites (tertiary alicyclic amines) is 1. The number of nitrogens with zero attached hydrogens (tertiary/aromatic N) is 1. The number of carbonyl (C=O) groups excluding carboxylic acids is 1. The largest absolute Gasteiger partial charge is 0.508 e. The Labute approximate surface area is 210 Å². The third-order valence-electron chi connectivity index (χ3n) is 6.86. The van der Waals surface area contributed by atoms with Gasteiger partial charge in [-0.15, -0.1) is 11.3 Å². The number of hydrogen-bond donors (Lipinski definition) is 1. The second-order valence-corrected chi connectivity index (χ2v) is 10.4. The van der Waals surface area contributed by atoms with Gasteiger partial charge in [-0.2, -0.15) is 0 Å². The van der Waals surface area contributed by atoms with Crippen LogP contribution in [0.15, 0.2) is 60.7 Å². The van der Waals surface area contributed by atoms with Crippen molar-refractivity contribution in [1.82, 2.24) is 4.90 Å². The van der Waals surface area contributed by atoms with Crippen LogP contribution in [0.5, 0.6) is 11.5 Å². The number of benzene rings is 3. The van der Waals surface area contributed by atoms with Gasteiger partial charge in [0.15, 0.2) is 5.78 Å². The molecule has 4 nitrogen and oxygen atoms in total. The van der Waals surface area contributed by atoms with E-state index >= 15 is 0 Å². The van der Waals surface area contributed by atoms with Crippen molar-refractivity contribution < 1.29 is 14.6 Å². The van der Waals surface area contributed by atoms with Crippen LogP contribution in [0.2, 0.25) is 0 Å². The molecule has 0 amide bonds. The van der Waals surface area contributed by atoms with Crippen molar-refractivity contribution in [1.29, 1.82) is 0 Å². The summed E-state index contributed by atoms with van der Waals surface area (Å²) < 4.78 is 6.90. The van der Waals surface area contributed by atoms with Crippen molar-refractivity contribution in [3.8, 4) is 21.9 Å². The van der Waals surface area contributed by atoms with Gasteiger partial charge in [0.25, 0.3) is 0 Å².